The van der Waals surface area contributed by atoms with Crippen LogP contribution in [0.2, 0.25) is 0 Å². The zero-order chi connectivity index (χ0) is 9.80. The number of rotatable bonds is 1. The van der Waals surface area contributed by atoms with Gasteiger partial charge in [-0.2, -0.15) is 0 Å². The van der Waals surface area contributed by atoms with Crippen LogP contribution in [0, 0.1) is 5.92 Å². The third kappa shape index (κ3) is 2.73. The Bertz CT molecular complexity index is 151. The van der Waals surface area contributed by atoms with Crippen LogP contribution < -0.4 is 0 Å². The molecule has 2 fully saturated rings. The maximum absolute atomic E-state index is 2.79. The van der Waals surface area contributed by atoms with Crippen molar-refractivity contribution in [2.24, 2.45) is 5.92 Å². The van der Waals surface area contributed by atoms with Crippen molar-refractivity contribution in [2.75, 3.05) is 13.1 Å². The molecule has 0 spiro atoms. The molecule has 1 aliphatic carbocycles. The van der Waals surface area contributed by atoms with Gasteiger partial charge in [-0.05, 0) is 57.5 Å². The van der Waals surface area contributed by atoms with Crippen molar-refractivity contribution in [3.8, 4) is 0 Å². The highest BCUT2D eigenvalue weighted by Gasteiger charge is 2.23. The summed E-state index contributed by atoms with van der Waals surface area (Å²) in [4.78, 5) is 2.79. The molecule has 0 aromatic rings. The van der Waals surface area contributed by atoms with Gasteiger partial charge < -0.3 is 4.90 Å². The second kappa shape index (κ2) is 5.16. The van der Waals surface area contributed by atoms with Crippen LogP contribution in [0.4, 0.5) is 0 Å². The van der Waals surface area contributed by atoms with Crippen molar-refractivity contribution in [1.82, 2.24) is 4.90 Å². The second-order valence-corrected chi connectivity index (χ2v) is 5.36. The van der Waals surface area contributed by atoms with Gasteiger partial charge in [-0.25, -0.2) is 0 Å². The molecule has 0 bridgehead atoms. The minimum absolute atomic E-state index is 0.948. The molecule has 1 saturated heterocycles. The average Bonchev–Trinajstić information content (AvgIpc) is 2.47. The van der Waals surface area contributed by atoms with Gasteiger partial charge in [0, 0.05) is 6.04 Å². The molecule has 1 aliphatic heterocycles. The van der Waals surface area contributed by atoms with Crippen LogP contribution >= 0.6 is 0 Å². The van der Waals surface area contributed by atoms with Gasteiger partial charge in [-0.1, -0.05) is 19.8 Å². The van der Waals surface area contributed by atoms with E-state index in [1.165, 1.54) is 64.5 Å². The van der Waals surface area contributed by atoms with Gasteiger partial charge in [0.25, 0.3) is 0 Å². The minimum Gasteiger partial charge on any atom is -0.300 e. The highest BCUT2D eigenvalue weighted by Crippen LogP contribution is 2.28. The van der Waals surface area contributed by atoms with E-state index in [1.807, 2.05) is 0 Å². The topological polar surface area (TPSA) is 3.24 Å². The number of hydrogen-bond donors (Lipinski definition) is 0. The van der Waals surface area contributed by atoms with E-state index in [1.54, 1.807) is 0 Å². The predicted octanol–water partition coefficient (Wildman–Crippen LogP) is 3.44. The molecular weight excluding hydrogens is 170 g/mol. The summed E-state index contributed by atoms with van der Waals surface area (Å²) in [5.74, 6) is 0.998. The highest BCUT2D eigenvalue weighted by molar-refractivity contribution is 4.79. The molecule has 14 heavy (non-hydrogen) atoms. The number of nitrogens with zero attached hydrogens (tertiary/aromatic N) is 1. The quantitative estimate of drug-likeness (QED) is 0.619. The van der Waals surface area contributed by atoms with Crippen LogP contribution in [-0.2, 0) is 0 Å². The summed E-state index contributed by atoms with van der Waals surface area (Å²) in [5, 5.41) is 0. The lowest BCUT2D eigenvalue weighted by Crippen LogP contribution is -2.38. The Morgan fingerprint density at radius 3 is 1.93 bits per heavy atom. The van der Waals surface area contributed by atoms with Gasteiger partial charge in [-0.3, -0.25) is 0 Å². The summed E-state index contributed by atoms with van der Waals surface area (Å²) in [6.45, 7) is 5.19. The van der Waals surface area contributed by atoms with Gasteiger partial charge in [0.05, 0.1) is 0 Å². The third-order valence-electron chi connectivity index (χ3n) is 4.14. The van der Waals surface area contributed by atoms with Crippen molar-refractivity contribution in [2.45, 2.75) is 64.3 Å². The molecule has 1 heterocycles. The van der Waals surface area contributed by atoms with Crippen molar-refractivity contribution in [3.63, 3.8) is 0 Å². The summed E-state index contributed by atoms with van der Waals surface area (Å²) < 4.78 is 0. The van der Waals surface area contributed by atoms with E-state index in [0.29, 0.717) is 0 Å². The first-order chi connectivity index (χ1) is 6.86. The zero-order valence-corrected chi connectivity index (χ0v) is 9.67. The summed E-state index contributed by atoms with van der Waals surface area (Å²) in [6, 6.07) is 0.948. The Labute approximate surface area is 88.9 Å². The normalized spacial score (nSPS) is 36.6. The molecule has 1 heteroatoms. The lowest BCUT2D eigenvalue weighted by atomic mass is 9.86. The van der Waals surface area contributed by atoms with Gasteiger partial charge in [0.1, 0.15) is 0 Å². The van der Waals surface area contributed by atoms with Crippen LogP contribution in [0.15, 0.2) is 0 Å². The van der Waals surface area contributed by atoms with Gasteiger partial charge in [0.2, 0.25) is 0 Å². The maximum Gasteiger partial charge on any atom is 0.00954 e. The summed E-state index contributed by atoms with van der Waals surface area (Å²) in [7, 11) is 0. The number of likely N-dealkylation sites (tertiary alicyclic amines) is 1. The van der Waals surface area contributed by atoms with Crippen molar-refractivity contribution >= 4 is 0 Å². The molecule has 2 aliphatic rings. The van der Waals surface area contributed by atoms with Crippen molar-refractivity contribution < 1.29 is 0 Å². The lowest BCUT2D eigenvalue weighted by Gasteiger charge is -2.35. The number of hydrogen-bond acceptors (Lipinski definition) is 1. The molecule has 0 aromatic carbocycles. The monoisotopic (exact) mass is 195 g/mol. The molecule has 82 valence electrons. The molecule has 1 nitrogen and oxygen atoms in total. The molecule has 0 amide bonds. The zero-order valence-electron chi connectivity index (χ0n) is 9.67. The first kappa shape index (κ1) is 10.5. The Morgan fingerprint density at radius 2 is 1.36 bits per heavy atom. The van der Waals surface area contributed by atoms with Crippen LogP contribution in [0.3, 0.4) is 0 Å². The molecule has 1 saturated carbocycles. The first-order valence-corrected chi connectivity index (χ1v) is 6.60. The minimum atomic E-state index is 0.948. The Balaban J connectivity index is 1.81. The predicted molar refractivity (Wildman–Crippen MR) is 61.5 cm³/mol. The van der Waals surface area contributed by atoms with Gasteiger partial charge in [-0.15, -0.1) is 0 Å². The molecule has 2 rings (SSSR count). The van der Waals surface area contributed by atoms with E-state index in [-0.39, 0.29) is 0 Å². The fourth-order valence-electron chi connectivity index (χ4n) is 3.07. The van der Waals surface area contributed by atoms with Crippen LogP contribution in [-0.4, -0.2) is 24.0 Å². The van der Waals surface area contributed by atoms with E-state index in [9.17, 15) is 0 Å². The van der Waals surface area contributed by atoms with Gasteiger partial charge >= 0.3 is 0 Å². The summed E-state index contributed by atoms with van der Waals surface area (Å²) >= 11 is 0. The molecule has 0 N–H and O–H groups in total. The van der Waals surface area contributed by atoms with Crippen LogP contribution in [0.1, 0.15) is 58.3 Å². The smallest absolute Gasteiger partial charge is 0.00954 e. The third-order valence-corrected chi connectivity index (χ3v) is 4.14. The average molecular weight is 195 g/mol. The Kier molecular flexibility index (Phi) is 3.86. The Morgan fingerprint density at radius 1 is 0.786 bits per heavy atom. The van der Waals surface area contributed by atoms with E-state index in [0.717, 1.165) is 12.0 Å². The Hall–Kier alpha value is -0.0400. The standard InChI is InChI=1S/C13H25N/c1-12-6-8-13(9-7-12)14-10-4-2-3-5-11-14/h12-13H,2-11H2,1H3. The molecular formula is C13H25N. The second-order valence-electron chi connectivity index (χ2n) is 5.36. The molecule has 0 unspecified atom stereocenters. The maximum atomic E-state index is 2.79. The van der Waals surface area contributed by atoms with Crippen LogP contribution in [0.25, 0.3) is 0 Å². The molecule has 0 radical (unpaired) electrons. The fraction of sp³-hybridized carbons (Fsp3) is 1.00. The fourth-order valence-corrected chi connectivity index (χ4v) is 3.07. The highest BCUT2D eigenvalue weighted by atomic mass is 15.2. The van der Waals surface area contributed by atoms with E-state index in [4.69, 9.17) is 0 Å². The first-order valence-electron chi connectivity index (χ1n) is 6.60. The lowest BCUT2D eigenvalue weighted by molar-refractivity contribution is 0.144. The van der Waals surface area contributed by atoms with Crippen molar-refractivity contribution in [1.29, 1.82) is 0 Å². The van der Waals surface area contributed by atoms with Gasteiger partial charge in [0.15, 0.2) is 0 Å². The van der Waals surface area contributed by atoms with Crippen LogP contribution in [0.5, 0.6) is 0 Å². The molecule has 0 aromatic heterocycles. The van der Waals surface area contributed by atoms with E-state index in [2.05, 4.69) is 11.8 Å². The molecule has 0 atom stereocenters. The largest absolute Gasteiger partial charge is 0.300 e. The van der Waals surface area contributed by atoms with E-state index >= 15 is 0 Å². The summed E-state index contributed by atoms with van der Waals surface area (Å²) in [6.07, 6.45) is 11.7. The van der Waals surface area contributed by atoms with Crippen molar-refractivity contribution in [3.05, 3.63) is 0 Å². The SMILES string of the molecule is CC1CCC(N2CCCCCC2)CC1. The van der Waals surface area contributed by atoms with E-state index < -0.39 is 0 Å². The summed E-state index contributed by atoms with van der Waals surface area (Å²) in [5.41, 5.74) is 0.